The molecular formula is C11H14ClN3O3. The molecule has 0 saturated heterocycles. The smallest absolute Gasteiger partial charge is 0.252 e. The molecule has 2 amide bonds. The number of hydrogen-bond donors (Lipinski definition) is 4. The van der Waals surface area contributed by atoms with Crippen molar-refractivity contribution in [3.05, 3.63) is 28.8 Å². The van der Waals surface area contributed by atoms with Gasteiger partial charge in [0.15, 0.2) is 0 Å². The highest BCUT2D eigenvalue weighted by Crippen LogP contribution is 2.19. The van der Waals surface area contributed by atoms with Crippen LogP contribution in [0.2, 0.25) is 5.02 Å². The summed E-state index contributed by atoms with van der Waals surface area (Å²) in [5, 5.41) is 11.9. The van der Waals surface area contributed by atoms with Crippen molar-refractivity contribution >= 4 is 29.1 Å². The van der Waals surface area contributed by atoms with Crippen LogP contribution >= 0.6 is 11.6 Å². The fraction of sp³-hybridized carbons (Fsp3) is 0.273. The molecule has 0 aromatic heterocycles. The third-order valence-electron chi connectivity index (χ3n) is 2.34. The number of nitrogens with two attached hydrogens (primary N) is 2. The van der Waals surface area contributed by atoms with Gasteiger partial charge in [0.1, 0.15) is 6.04 Å². The number of halogens is 1. The Balaban J connectivity index is 2.87. The largest absolute Gasteiger partial charge is 0.398 e. The molecule has 2 atom stereocenters. The van der Waals surface area contributed by atoms with Crippen LogP contribution in [-0.4, -0.2) is 29.1 Å². The Hall–Kier alpha value is -1.79. The average molecular weight is 272 g/mol. The van der Waals surface area contributed by atoms with Crippen molar-refractivity contribution in [3.8, 4) is 0 Å². The number of amides is 2. The summed E-state index contributed by atoms with van der Waals surface area (Å²) in [6.45, 7) is 1.35. The normalized spacial score (nSPS) is 13.7. The number of carbonyl (C=O) groups excluding carboxylic acids is 2. The lowest BCUT2D eigenvalue weighted by Crippen LogP contribution is -2.50. The number of benzene rings is 1. The molecule has 0 aliphatic heterocycles. The third-order valence-corrected chi connectivity index (χ3v) is 2.67. The number of primary amides is 1. The summed E-state index contributed by atoms with van der Waals surface area (Å²) in [7, 11) is 0. The van der Waals surface area contributed by atoms with E-state index in [1.54, 1.807) is 0 Å². The van der Waals surface area contributed by atoms with Gasteiger partial charge in [-0.25, -0.2) is 0 Å². The summed E-state index contributed by atoms with van der Waals surface area (Å²) >= 11 is 5.77. The predicted molar refractivity (Wildman–Crippen MR) is 68.0 cm³/mol. The zero-order valence-corrected chi connectivity index (χ0v) is 10.4. The van der Waals surface area contributed by atoms with E-state index in [1.165, 1.54) is 25.1 Å². The molecule has 7 heteroatoms. The van der Waals surface area contributed by atoms with Gasteiger partial charge in [-0.1, -0.05) is 11.6 Å². The van der Waals surface area contributed by atoms with Gasteiger partial charge in [-0.3, -0.25) is 9.59 Å². The first kappa shape index (κ1) is 14.3. The Labute approximate surface area is 109 Å². The number of anilines is 1. The van der Waals surface area contributed by atoms with E-state index >= 15 is 0 Å². The van der Waals surface area contributed by atoms with Crippen LogP contribution < -0.4 is 16.8 Å². The zero-order valence-electron chi connectivity index (χ0n) is 9.68. The standard InChI is InChI=1S/C11H14ClN3O3/c1-5(16)9(10(14)17)15-11(18)6-2-3-8(13)7(12)4-6/h2-5,9,16H,13H2,1H3,(H2,14,17)(H,15,18)/t5-,9+/m0/s1. The molecule has 6 N–H and O–H groups in total. The molecule has 18 heavy (non-hydrogen) atoms. The Kier molecular flexibility index (Phi) is 4.52. The molecule has 0 bridgehead atoms. The second-order valence-electron chi connectivity index (χ2n) is 3.83. The molecule has 0 saturated carbocycles. The second kappa shape index (κ2) is 5.70. The molecule has 0 aliphatic carbocycles. The summed E-state index contributed by atoms with van der Waals surface area (Å²) in [4.78, 5) is 22.8. The lowest BCUT2D eigenvalue weighted by molar-refractivity contribution is -0.122. The van der Waals surface area contributed by atoms with E-state index in [-0.39, 0.29) is 10.6 Å². The number of hydrogen-bond acceptors (Lipinski definition) is 4. The summed E-state index contributed by atoms with van der Waals surface area (Å²) in [5.41, 5.74) is 11.1. The SMILES string of the molecule is C[C@H](O)[C@@H](NC(=O)c1ccc(N)c(Cl)c1)C(N)=O. The molecule has 0 heterocycles. The van der Waals surface area contributed by atoms with E-state index in [0.717, 1.165) is 0 Å². The Morgan fingerprint density at radius 2 is 2.06 bits per heavy atom. The lowest BCUT2D eigenvalue weighted by Gasteiger charge is -2.18. The highest BCUT2D eigenvalue weighted by atomic mass is 35.5. The van der Waals surface area contributed by atoms with E-state index in [4.69, 9.17) is 23.1 Å². The molecular weight excluding hydrogens is 258 g/mol. The van der Waals surface area contributed by atoms with Crippen LogP contribution in [0.25, 0.3) is 0 Å². The summed E-state index contributed by atoms with van der Waals surface area (Å²) in [6, 6.07) is 3.14. The first-order valence-electron chi connectivity index (χ1n) is 5.16. The zero-order chi connectivity index (χ0) is 13.9. The van der Waals surface area contributed by atoms with Gasteiger partial charge in [-0.15, -0.1) is 0 Å². The second-order valence-corrected chi connectivity index (χ2v) is 4.24. The van der Waals surface area contributed by atoms with Gasteiger partial charge in [0.05, 0.1) is 16.8 Å². The number of nitrogens with one attached hydrogen (secondary N) is 1. The van der Waals surface area contributed by atoms with Crippen molar-refractivity contribution in [2.24, 2.45) is 5.73 Å². The first-order chi connectivity index (χ1) is 8.32. The van der Waals surface area contributed by atoms with Crippen LogP contribution in [0.3, 0.4) is 0 Å². The fourth-order valence-corrected chi connectivity index (χ4v) is 1.50. The Morgan fingerprint density at radius 1 is 1.44 bits per heavy atom. The van der Waals surface area contributed by atoms with Crippen LogP contribution in [0, 0.1) is 0 Å². The highest BCUT2D eigenvalue weighted by Gasteiger charge is 2.23. The maximum atomic E-state index is 11.8. The van der Waals surface area contributed by atoms with Crippen molar-refractivity contribution in [3.63, 3.8) is 0 Å². The van der Waals surface area contributed by atoms with Crippen LogP contribution in [0.1, 0.15) is 17.3 Å². The minimum absolute atomic E-state index is 0.223. The molecule has 6 nitrogen and oxygen atoms in total. The van der Waals surface area contributed by atoms with Gasteiger partial charge >= 0.3 is 0 Å². The van der Waals surface area contributed by atoms with E-state index in [0.29, 0.717) is 5.69 Å². The summed E-state index contributed by atoms with van der Waals surface area (Å²) in [5.74, 6) is -1.39. The molecule has 1 aromatic carbocycles. The topological polar surface area (TPSA) is 118 Å². The number of nitrogen functional groups attached to an aromatic ring is 1. The first-order valence-corrected chi connectivity index (χ1v) is 5.54. The lowest BCUT2D eigenvalue weighted by atomic mass is 10.1. The third kappa shape index (κ3) is 3.35. The quantitative estimate of drug-likeness (QED) is 0.571. The van der Waals surface area contributed by atoms with Gasteiger partial charge in [-0.05, 0) is 25.1 Å². The van der Waals surface area contributed by atoms with Gasteiger partial charge in [-0.2, -0.15) is 0 Å². The summed E-state index contributed by atoms with van der Waals surface area (Å²) in [6.07, 6.45) is -1.09. The van der Waals surface area contributed by atoms with E-state index < -0.39 is 24.0 Å². The minimum Gasteiger partial charge on any atom is -0.398 e. The average Bonchev–Trinajstić information content (AvgIpc) is 2.28. The molecule has 0 aliphatic rings. The molecule has 1 aromatic rings. The van der Waals surface area contributed by atoms with Crippen molar-refractivity contribution in [1.82, 2.24) is 5.32 Å². The molecule has 0 spiro atoms. The van der Waals surface area contributed by atoms with Crippen LogP contribution in [0.15, 0.2) is 18.2 Å². The molecule has 0 unspecified atom stereocenters. The van der Waals surface area contributed by atoms with Crippen molar-refractivity contribution in [1.29, 1.82) is 0 Å². The van der Waals surface area contributed by atoms with Crippen LogP contribution in [0.5, 0.6) is 0 Å². The van der Waals surface area contributed by atoms with Gasteiger partial charge in [0.2, 0.25) is 5.91 Å². The van der Waals surface area contributed by atoms with E-state index in [2.05, 4.69) is 5.32 Å². The Morgan fingerprint density at radius 3 is 2.50 bits per heavy atom. The van der Waals surface area contributed by atoms with E-state index in [9.17, 15) is 14.7 Å². The van der Waals surface area contributed by atoms with Crippen molar-refractivity contribution < 1.29 is 14.7 Å². The van der Waals surface area contributed by atoms with Gasteiger partial charge in [0, 0.05) is 5.56 Å². The monoisotopic (exact) mass is 271 g/mol. The Bertz CT molecular complexity index is 477. The molecule has 0 fully saturated rings. The molecule has 98 valence electrons. The van der Waals surface area contributed by atoms with Gasteiger partial charge in [0.25, 0.3) is 5.91 Å². The van der Waals surface area contributed by atoms with Gasteiger partial charge < -0.3 is 21.9 Å². The number of aliphatic hydroxyl groups excluding tert-OH is 1. The minimum atomic E-state index is -1.16. The van der Waals surface area contributed by atoms with Crippen LogP contribution in [-0.2, 0) is 4.79 Å². The molecule has 0 radical (unpaired) electrons. The highest BCUT2D eigenvalue weighted by molar-refractivity contribution is 6.33. The number of carbonyl (C=O) groups is 2. The number of rotatable bonds is 4. The molecule has 1 rings (SSSR count). The maximum absolute atomic E-state index is 11.8. The van der Waals surface area contributed by atoms with Crippen molar-refractivity contribution in [2.75, 3.05) is 5.73 Å². The maximum Gasteiger partial charge on any atom is 0.252 e. The fourth-order valence-electron chi connectivity index (χ4n) is 1.32. The van der Waals surface area contributed by atoms with Crippen molar-refractivity contribution in [2.45, 2.75) is 19.1 Å². The number of aliphatic hydroxyl groups is 1. The summed E-state index contributed by atoms with van der Waals surface area (Å²) < 4.78 is 0. The van der Waals surface area contributed by atoms with Crippen LogP contribution in [0.4, 0.5) is 5.69 Å². The predicted octanol–water partition coefficient (Wildman–Crippen LogP) is -0.113. The van der Waals surface area contributed by atoms with E-state index in [1.807, 2.05) is 0 Å².